The molecule has 0 atom stereocenters. The lowest BCUT2D eigenvalue weighted by atomic mass is 10.2. The van der Waals surface area contributed by atoms with Crippen LogP contribution in [-0.4, -0.2) is 29.0 Å². The molecule has 1 amide bonds. The lowest BCUT2D eigenvalue weighted by Crippen LogP contribution is -2.30. The Morgan fingerprint density at radius 2 is 1.93 bits per heavy atom. The SMILES string of the molecule is COC(=O)c1ccc(Oc2ncnc(NNC(=O)c3ccco3)c2N)cc1. The molecule has 0 saturated heterocycles. The van der Waals surface area contributed by atoms with Crippen molar-refractivity contribution in [2.75, 3.05) is 18.3 Å². The maximum absolute atomic E-state index is 11.9. The lowest BCUT2D eigenvalue weighted by molar-refractivity contribution is 0.0600. The summed E-state index contributed by atoms with van der Waals surface area (Å²) in [6.07, 6.45) is 2.60. The standard InChI is InChI=1S/C17H15N5O5/c1-25-17(24)10-4-6-11(7-5-10)27-16-13(18)14(19-9-20-16)21-22-15(23)12-3-2-8-26-12/h2-9H,18H2,1H3,(H,22,23)(H,19,20,21). The molecule has 1 aromatic carbocycles. The fourth-order valence-corrected chi connectivity index (χ4v) is 2.03. The van der Waals surface area contributed by atoms with Gasteiger partial charge in [-0.2, -0.15) is 4.98 Å². The molecule has 10 heteroatoms. The number of esters is 1. The van der Waals surface area contributed by atoms with Crippen LogP contribution in [0.1, 0.15) is 20.9 Å². The van der Waals surface area contributed by atoms with Crippen molar-refractivity contribution >= 4 is 23.4 Å². The molecular formula is C17H15N5O5. The van der Waals surface area contributed by atoms with Crippen molar-refractivity contribution in [1.29, 1.82) is 0 Å². The number of ether oxygens (including phenoxy) is 2. The fraction of sp³-hybridized carbons (Fsp3) is 0.0588. The molecule has 3 aromatic rings. The number of nitrogens with one attached hydrogen (secondary N) is 2. The minimum absolute atomic E-state index is 0.0746. The van der Waals surface area contributed by atoms with E-state index in [-0.39, 0.29) is 23.1 Å². The van der Waals surface area contributed by atoms with E-state index in [0.717, 1.165) is 0 Å². The van der Waals surface area contributed by atoms with E-state index < -0.39 is 11.9 Å². The first-order chi connectivity index (χ1) is 13.1. The number of nitrogen functional groups attached to an aromatic ring is 1. The van der Waals surface area contributed by atoms with Crippen LogP contribution >= 0.6 is 0 Å². The average Bonchev–Trinajstić information content (AvgIpc) is 3.23. The molecule has 0 radical (unpaired) electrons. The molecule has 3 rings (SSSR count). The van der Waals surface area contributed by atoms with Crippen LogP contribution in [-0.2, 0) is 4.74 Å². The second-order valence-electron chi connectivity index (χ2n) is 5.12. The Labute approximate surface area is 153 Å². The van der Waals surface area contributed by atoms with Crippen LogP contribution in [0.4, 0.5) is 11.5 Å². The van der Waals surface area contributed by atoms with Crippen LogP contribution in [0.3, 0.4) is 0 Å². The molecule has 4 N–H and O–H groups in total. The van der Waals surface area contributed by atoms with Crippen LogP contribution in [0.5, 0.6) is 11.6 Å². The zero-order chi connectivity index (χ0) is 19.2. The number of hydrogen-bond acceptors (Lipinski definition) is 9. The van der Waals surface area contributed by atoms with Gasteiger partial charge in [0.05, 0.1) is 18.9 Å². The summed E-state index contributed by atoms with van der Waals surface area (Å²) in [6, 6.07) is 9.32. The molecule has 10 nitrogen and oxygen atoms in total. The molecular weight excluding hydrogens is 354 g/mol. The number of methoxy groups -OCH3 is 1. The Kier molecular flexibility index (Phi) is 5.17. The van der Waals surface area contributed by atoms with E-state index in [1.165, 1.54) is 25.8 Å². The van der Waals surface area contributed by atoms with Crippen molar-refractivity contribution in [2.24, 2.45) is 0 Å². The minimum atomic E-state index is -0.501. The molecule has 0 aliphatic rings. The van der Waals surface area contributed by atoms with E-state index >= 15 is 0 Å². The van der Waals surface area contributed by atoms with Crippen LogP contribution < -0.4 is 21.3 Å². The van der Waals surface area contributed by atoms with Gasteiger partial charge in [-0.25, -0.2) is 9.78 Å². The first-order valence-corrected chi connectivity index (χ1v) is 7.65. The zero-order valence-corrected chi connectivity index (χ0v) is 14.1. The first kappa shape index (κ1) is 17.7. The van der Waals surface area contributed by atoms with Gasteiger partial charge in [0.2, 0.25) is 5.88 Å². The molecule has 0 spiro atoms. The van der Waals surface area contributed by atoms with E-state index in [9.17, 15) is 9.59 Å². The number of amides is 1. The highest BCUT2D eigenvalue weighted by atomic mass is 16.5. The van der Waals surface area contributed by atoms with E-state index in [1.54, 1.807) is 30.3 Å². The Bertz CT molecular complexity index is 941. The molecule has 2 heterocycles. The van der Waals surface area contributed by atoms with Gasteiger partial charge in [0.25, 0.3) is 0 Å². The summed E-state index contributed by atoms with van der Waals surface area (Å²) in [5.41, 5.74) is 11.4. The number of nitrogens with two attached hydrogens (primary N) is 1. The van der Waals surface area contributed by atoms with Crippen molar-refractivity contribution < 1.29 is 23.5 Å². The van der Waals surface area contributed by atoms with Crippen molar-refractivity contribution in [3.05, 3.63) is 60.3 Å². The predicted molar refractivity (Wildman–Crippen MR) is 94.1 cm³/mol. The molecule has 0 bridgehead atoms. The van der Waals surface area contributed by atoms with Crippen molar-refractivity contribution in [3.8, 4) is 11.6 Å². The van der Waals surface area contributed by atoms with Gasteiger partial charge in [0, 0.05) is 0 Å². The van der Waals surface area contributed by atoms with Crippen molar-refractivity contribution in [3.63, 3.8) is 0 Å². The summed E-state index contributed by atoms with van der Waals surface area (Å²) in [4.78, 5) is 31.2. The van der Waals surface area contributed by atoms with Gasteiger partial charge >= 0.3 is 11.9 Å². The van der Waals surface area contributed by atoms with Gasteiger partial charge in [-0.3, -0.25) is 15.6 Å². The second-order valence-corrected chi connectivity index (χ2v) is 5.12. The molecule has 2 aromatic heterocycles. The van der Waals surface area contributed by atoms with Crippen molar-refractivity contribution in [2.45, 2.75) is 0 Å². The third-order valence-electron chi connectivity index (χ3n) is 3.38. The van der Waals surface area contributed by atoms with E-state index in [4.69, 9.17) is 14.9 Å². The van der Waals surface area contributed by atoms with Crippen LogP contribution in [0, 0.1) is 0 Å². The van der Waals surface area contributed by atoms with E-state index in [2.05, 4.69) is 25.6 Å². The number of aromatic nitrogens is 2. The number of rotatable bonds is 6. The van der Waals surface area contributed by atoms with E-state index in [0.29, 0.717) is 11.3 Å². The van der Waals surface area contributed by atoms with Gasteiger partial charge in [-0.1, -0.05) is 0 Å². The third kappa shape index (κ3) is 4.12. The number of carbonyl (C=O) groups excluding carboxylic acids is 2. The van der Waals surface area contributed by atoms with Gasteiger partial charge in [0.1, 0.15) is 17.8 Å². The monoisotopic (exact) mass is 369 g/mol. The minimum Gasteiger partial charge on any atom is -0.465 e. The van der Waals surface area contributed by atoms with Gasteiger partial charge in [0.15, 0.2) is 11.6 Å². The summed E-state index contributed by atoms with van der Waals surface area (Å²) in [5.74, 6) is -0.215. The number of furan rings is 1. The molecule has 0 aliphatic heterocycles. The normalized spacial score (nSPS) is 10.1. The molecule has 0 aliphatic carbocycles. The molecule has 138 valence electrons. The largest absolute Gasteiger partial charge is 0.465 e. The van der Waals surface area contributed by atoms with Crippen LogP contribution in [0.25, 0.3) is 0 Å². The highest BCUT2D eigenvalue weighted by Gasteiger charge is 2.13. The molecule has 0 saturated carbocycles. The zero-order valence-electron chi connectivity index (χ0n) is 14.1. The summed E-state index contributed by atoms with van der Waals surface area (Å²) in [7, 11) is 1.30. The number of carbonyl (C=O) groups is 2. The average molecular weight is 369 g/mol. The Morgan fingerprint density at radius 3 is 2.59 bits per heavy atom. The fourth-order valence-electron chi connectivity index (χ4n) is 2.03. The summed E-state index contributed by atoms with van der Waals surface area (Å²) in [5, 5.41) is 0. The maximum Gasteiger partial charge on any atom is 0.337 e. The molecule has 27 heavy (non-hydrogen) atoms. The van der Waals surface area contributed by atoms with Gasteiger partial charge in [-0.15, -0.1) is 0 Å². The third-order valence-corrected chi connectivity index (χ3v) is 3.38. The van der Waals surface area contributed by atoms with Crippen LogP contribution in [0.2, 0.25) is 0 Å². The number of hydrazine groups is 1. The topological polar surface area (TPSA) is 142 Å². The lowest BCUT2D eigenvalue weighted by Gasteiger charge is -2.12. The Hall–Kier alpha value is -4.08. The van der Waals surface area contributed by atoms with E-state index in [1.807, 2.05) is 0 Å². The number of benzene rings is 1. The smallest absolute Gasteiger partial charge is 0.337 e. The molecule has 0 fully saturated rings. The highest BCUT2D eigenvalue weighted by molar-refractivity contribution is 5.92. The number of hydrogen-bond donors (Lipinski definition) is 3. The number of anilines is 2. The highest BCUT2D eigenvalue weighted by Crippen LogP contribution is 2.29. The van der Waals surface area contributed by atoms with Crippen molar-refractivity contribution in [1.82, 2.24) is 15.4 Å². The quantitative estimate of drug-likeness (QED) is 0.439. The summed E-state index contributed by atoms with van der Waals surface area (Å²) in [6.45, 7) is 0. The van der Waals surface area contributed by atoms with Crippen LogP contribution in [0.15, 0.2) is 53.4 Å². The Balaban J connectivity index is 1.69. The van der Waals surface area contributed by atoms with Gasteiger partial charge in [-0.05, 0) is 36.4 Å². The number of nitrogens with zero attached hydrogens (tertiary/aromatic N) is 2. The maximum atomic E-state index is 11.9. The Morgan fingerprint density at radius 1 is 1.15 bits per heavy atom. The first-order valence-electron chi connectivity index (χ1n) is 7.65. The second kappa shape index (κ2) is 7.87. The predicted octanol–water partition coefficient (Wildman–Crippen LogP) is 1.99. The molecule has 0 unspecified atom stereocenters. The summed E-state index contributed by atoms with van der Waals surface area (Å²) < 4.78 is 15.2. The van der Waals surface area contributed by atoms with Gasteiger partial charge < -0.3 is 19.6 Å². The summed E-state index contributed by atoms with van der Waals surface area (Å²) >= 11 is 0.